The number of rotatable bonds is 4. The van der Waals surface area contributed by atoms with E-state index < -0.39 is 24.0 Å². The first-order valence-corrected chi connectivity index (χ1v) is 8.46. The fourth-order valence-electron chi connectivity index (χ4n) is 2.61. The normalized spacial score (nSPS) is 19.4. The Morgan fingerprint density at radius 2 is 1.76 bits per heavy atom. The molecular weight excluding hydrogens is 318 g/mol. The first-order chi connectivity index (χ1) is 11.7. The summed E-state index contributed by atoms with van der Waals surface area (Å²) in [6, 6.07) is 8.31. The third-order valence-electron chi connectivity index (χ3n) is 4.90. The maximum absolute atomic E-state index is 14.5. The highest BCUT2D eigenvalue weighted by atomic mass is 19.1. The maximum atomic E-state index is 14.5. The summed E-state index contributed by atoms with van der Waals surface area (Å²) in [5.74, 6) is 0. The first kappa shape index (κ1) is 17.9. The van der Waals surface area contributed by atoms with Crippen molar-refractivity contribution in [3.8, 4) is 0 Å². The minimum atomic E-state index is -0.993. The molecule has 2 heterocycles. The molecule has 0 bridgehead atoms. The van der Waals surface area contributed by atoms with Gasteiger partial charge in [0.25, 0.3) is 0 Å². The van der Waals surface area contributed by atoms with E-state index in [9.17, 15) is 4.39 Å². The molecule has 0 saturated carbocycles. The molecule has 0 N–H and O–H groups in total. The zero-order valence-corrected chi connectivity index (χ0v) is 15.4. The number of aryl methyl sites for hydroxylation is 1. The minimum absolute atomic E-state index is 0.473. The molecule has 6 heteroatoms. The fraction of sp³-hybridized carbons (Fsp3) is 0.421. The topological polar surface area (TPSA) is 36.3 Å². The number of hydrogen-bond acceptors (Lipinski definition) is 3. The molecule has 1 aromatic heterocycles. The average molecular weight is 342 g/mol. The van der Waals surface area contributed by atoms with Crippen molar-refractivity contribution in [1.82, 2.24) is 9.55 Å². The van der Waals surface area contributed by atoms with Crippen LogP contribution in [0.5, 0.6) is 0 Å². The summed E-state index contributed by atoms with van der Waals surface area (Å²) in [6.45, 7) is 10.3. The Bertz CT molecular complexity index is 765. The number of aromatic nitrogens is 2. The Labute approximate surface area is 148 Å². The molecule has 0 aliphatic carbocycles. The van der Waals surface area contributed by atoms with Crippen molar-refractivity contribution in [2.24, 2.45) is 0 Å². The number of benzene rings is 1. The molecular formula is C19H24BFN2O2. The second-order valence-electron chi connectivity index (χ2n) is 7.57. The van der Waals surface area contributed by atoms with E-state index in [2.05, 4.69) is 36.2 Å². The van der Waals surface area contributed by atoms with Crippen molar-refractivity contribution in [2.75, 3.05) is 0 Å². The number of imidazole rings is 1. The van der Waals surface area contributed by atoms with Crippen LogP contribution in [0.1, 0.15) is 44.5 Å². The largest absolute Gasteiger partial charge is 0.525 e. The Morgan fingerprint density at radius 3 is 2.36 bits per heavy atom. The van der Waals surface area contributed by atoms with E-state index in [0.29, 0.717) is 12.2 Å². The summed E-state index contributed by atoms with van der Waals surface area (Å²) in [5.41, 5.74) is 1.34. The van der Waals surface area contributed by atoms with Crippen LogP contribution < -0.4 is 0 Å². The number of nitrogens with zero attached hydrogens (tertiary/aromatic N) is 2. The van der Waals surface area contributed by atoms with Crippen molar-refractivity contribution in [3.05, 3.63) is 59.3 Å². The summed E-state index contributed by atoms with van der Waals surface area (Å²) in [7, 11) is -0.993. The van der Waals surface area contributed by atoms with Crippen molar-refractivity contribution < 1.29 is 13.7 Å². The molecule has 1 aliphatic rings. The molecule has 132 valence electrons. The van der Waals surface area contributed by atoms with Gasteiger partial charge in [-0.1, -0.05) is 29.8 Å². The Morgan fingerprint density at radius 1 is 1.16 bits per heavy atom. The van der Waals surface area contributed by atoms with E-state index in [-0.39, 0.29) is 0 Å². The molecule has 25 heavy (non-hydrogen) atoms. The molecule has 2 aromatic rings. The molecule has 4 nitrogen and oxygen atoms in total. The quantitative estimate of drug-likeness (QED) is 0.782. The Kier molecular flexibility index (Phi) is 4.60. The van der Waals surface area contributed by atoms with E-state index in [1.807, 2.05) is 38.5 Å². The van der Waals surface area contributed by atoms with Crippen LogP contribution in [0.15, 0.2) is 42.5 Å². The minimum Gasteiger partial charge on any atom is -0.398 e. The predicted octanol–water partition coefficient (Wildman–Crippen LogP) is 4.18. The molecule has 0 radical (unpaired) electrons. The lowest BCUT2D eigenvalue weighted by atomic mass is 9.87. The maximum Gasteiger partial charge on any atom is 0.525 e. The van der Waals surface area contributed by atoms with E-state index in [4.69, 9.17) is 9.31 Å². The lowest BCUT2D eigenvalue weighted by molar-refractivity contribution is 0.00578. The van der Waals surface area contributed by atoms with Crippen LogP contribution in [0.25, 0.3) is 6.08 Å². The predicted molar refractivity (Wildman–Crippen MR) is 97.7 cm³/mol. The van der Waals surface area contributed by atoms with Gasteiger partial charge < -0.3 is 13.9 Å². The molecule has 1 saturated heterocycles. The highest BCUT2D eigenvalue weighted by Crippen LogP contribution is 2.38. The van der Waals surface area contributed by atoms with Crippen molar-refractivity contribution in [1.29, 1.82) is 0 Å². The average Bonchev–Trinajstić information content (AvgIpc) is 3.03. The summed E-state index contributed by atoms with van der Waals surface area (Å²) in [5, 5.41) is 0. The molecule has 1 fully saturated rings. The van der Waals surface area contributed by atoms with Gasteiger partial charge in [-0.3, -0.25) is 0 Å². The summed E-state index contributed by atoms with van der Waals surface area (Å²) in [6.07, 6.45) is 4.88. The van der Waals surface area contributed by atoms with Gasteiger partial charge in [0.2, 0.25) is 0 Å². The van der Waals surface area contributed by atoms with Gasteiger partial charge in [0.15, 0.2) is 0 Å². The molecule has 0 spiro atoms. The number of hydrogen-bond donors (Lipinski definition) is 0. The van der Waals surface area contributed by atoms with Crippen LogP contribution in [0.2, 0.25) is 0 Å². The van der Waals surface area contributed by atoms with Gasteiger partial charge in [0.05, 0.1) is 23.2 Å². The standard InChI is InChI=1S/C19H24BFN2O2/c1-14-6-8-15(9-7-14)11-23-12-16(22-13-23)10-17(21)20-24-18(2,3)19(4,5)25-20/h6-10,12-13H,11H2,1-5H3. The smallest absolute Gasteiger partial charge is 0.398 e. The van der Waals surface area contributed by atoms with E-state index in [0.717, 1.165) is 0 Å². The first-order valence-electron chi connectivity index (χ1n) is 8.46. The summed E-state index contributed by atoms with van der Waals surface area (Å²) >= 11 is 0. The van der Waals surface area contributed by atoms with Gasteiger partial charge in [-0.25, -0.2) is 9.37 Å². The van der Waals surface area contributed by atoms with Gasteiger partial charge in [-0.15, -0.1) is 0 Å². The molecule has 1 aromatic carbocycles. The van der Waals surface area contributed by atoms with Crippen LogP contribution in [0.3, 0.4) is 0 Å². The molecule has 1 aliphatic heterocycles. The van der Waals surface area contributed by atoms with Crippen LogP contribution in [0.4, 0.5) is 4.39 Å². The van der Waals surface area contributed by atoms with E-state index >= 15 is 0 Å². The van der Waals surface area contributed by atoms with E-state index in [1.165, 1.54) is 17.2 Å². The fourth-order valence-corrected chi connectivity index (χ4v) is 2.61. The van der Waals surface area contributed by atoms with Crippen molar-refractivity contribution >= 4 is 13.2 Å². The van der Waals surface area contributed by atoms with Gasteiger partial charge >= 0.3 is 7.12 Å². The van der Waals surface area contributed by atoms with E-state index in [1.54, 1.807) is 6.33 Å². The van der Waals surface area contributed by atoms with Crippen LogP contribution in [0, 0.1) is 6.92 Å². The monoisotopic (exact) mass is 342 g/mol. The molecule has 0 amide bonds. The van der Waals surface area contributed by atoms with Crippen LogP contribution in [-0.2, 0) is 15.9 Å². The molecule has 0 atom stereocenters. The third kappa shape index (κ3) is 3.85. The summed E-state index contributed by atoms with van der Waals surface area (Å²) < 4.78 is 27.9. The zero-order chi connectivity index (χ0) is 18.2. The third-order valence-corrected chi connectivity index (χ3v) is 4.90. The highest BCUT2D eigenvalue weighted by Gasteiger charge is 2.53. The summed E-state index contributed by atoms with van der Waals surface area (Å²) in [4.78, 5) is 4.25. The number of halogens is 1. The molecule has 3 rings (SSSR count). The Balaban J connectivity index is 1.70. The van der Waals surface area contributed by atoms with Gasteiger partial charge in [-0.05, 0) is 46.3 Å². The van der Waals surface area contributed by atoms with Crippen LogP contribution >= 0.6 is 0 Å². The SMILES string of the molecule is Cc1ccc(Cn2cnc(C=C(F)B3OC(C)(C)C(C)(C)O3)c2)cc1. The lowest BCUT2D eigenvalue weighted by Gasteiger charge is -2.32. The van der Waals surface area contributed by atoms with Gasteiger partial charge in [0, 0.05) is 12.7 Å². The zero-order valence-electron chi connectivity index (χ0n) is 15.4. The second-order valence-corrected chi connectivity index (χ2v) is 7.57. The second kappa shape index (κ2) is 6.43. The van der Waals surface area contributed by atoms with Gasteiger partial charge in [0.1, 0.15) is 5.73 Å². The van der Waals surface area contributed by atoms with Crippen LogP contribution in [-0.4, -0.2) is 27.9 Å². The Hall–Kier alpha value is -1.92. The van der Waals surface area contributed by atoms with Crippen molar-refractivity contribution in [2.45, 2.75) is 52.4 Å². The molecule has 0 unspecified atom stereocenters. The highest BCUT2D eigenvalue weighted by molar-refractivity contribution is 6.54. The van der Waals surface area contributed by atoms with Crippen molar-refractivity contribution in [3.63, 3.8) is 0 Å². The lowest BCUT2D eigenvalue weighted by Crippen LogP contribution is -2.41. The van der Waals surface area contributed by atoms with Gasteiger partial charge in [-0.2, -0.15) is 0 Å².